The summed E-state index contributed by atoms with van der Waals surface area (Å²) in [5.74, 6) is -0.300. The molecule has 20 heavy (non-hydrogen) atoms. The van der Waals surface area contributed by atoms with Gasteiger partial charge < -0.3 is 8.83 Å². The van der Waals surface area contributed by atoms with Crippen molar-refractivity contribution < 1.29 is 17.7 Å². The Hall–Kier alpha value is -1.70. The molecule has 0 radical (unpaired) electrons. The zero-order chi connectivity index (χ0) is 14.2. The summed E-state index contributed by atoms with van der Waals surface area (Å²) in [5, 5.41) is 3.36. The van der Waals surface area contributed by atoms with Gasteiger partial charge in [0.2, 0.25) is 5.82 Å². The van der Waals surface area contributed by atoms with E-state index in [1.165, 1.54) is 0 Å². The van der Waals surface area contributed by atoms with E-state index in [-0.39, 0.29) is 5.82 Å². The second-order valence-corrected chi connectivity index (χ2v) is 5.36. The zero-order valence-electron chi connectivity index (χ0n) is 10.2. The van der Waals surface area contributed by atoms with Gasteiger partial charge >= 0.3 is 12.1 Å². The summed E-state index contributed by atoms with van der Waals surface area (Å²) < 4.78 is 43.5. The lowest BCUT2D eigenvalue weighted by Crippen LogP contribution is -2.08. The van der Waals surface area contributed by atoms with E-state index in [1.54, 1.807) is 24.1 Å². The highest BCUT2D eigenvalue weighted by Gasteiger charge is 2.38. The maximum atomic E-state index is 12.4. The number of halogens is 3. The fourth-order valence-corrected chi connectivity index (χ4v) is 2.89. The minimum Gasteiger partial charge on any atom is -0.329 e. The largest absolute Gasteiger partial charge is 0.471 e. The van der Waals surface area contributed by atoms with E-state index in [4.69, 9.17) is 0 Å². The van der Waals surface area contributed by atoms with Crippen LogP contribution in [-0.2, 0) is 6.18 Å². The van der Waals surface area contributed by atoms with E-state index in [9.17, 15) is 13.2 Å². The molecule has 0 bridgehead atoms. The molecule has 1 aliphatic rings. The van der Waals surface area contributed by atoms with Crippen molar-refractivity contribution in [3.05, 3.63) is 30.2 Å². The Morgan fingerprint density at radius 1 is 1.20 bits per heavy atom. The fraction of sp³-hybridized carbons (Fsp3) is 0.333. The van der Waals surface area contributed by atoms with Crippen molar-refractivity contribution >= 4 is 17.6 Å². The molecule has 4 nitrogen and oxygen atoms in total. The quantitative estimate of drug-likeness (QED) is 0.793. The second-order valence-electron chi connectivity index (χ2n) is 4.26. The lowest BCUT2D eigenvalue weighted by Gasteiger charge is -2.15. The van der Waals surface area contributed by atoms with Crippen LogP contribution in [0.15, 0.2) is 28.8 Å². The Morgan fingerprint density at radius 3 is 2.50 bits per heavy atom. The van der Waals surface area contributed by atoms with Gasteiger partial charge in [-0.1, -0.05) is 5.16 Å². The highest BCUT2D eigenvalue weighted by Crippen LogP contribution is 2.31. The summed E-state index contributed by atoms with van der Waals surface area (Å²) in [6, 6.07) is 7.08. The van der Waals surface area contributed by atoms with E-state index in [0.29, 0.717) is 5.56 Å². The van der Waals surface area contributed by atoms with Crippen molar-refractivity contribution in [1.29, 1.82) is 0 Å². The third-order valence-electron chi connectivity index (χ3n) is 2.83. The normalized spacial score (nSPS) is 15.8. The Morgan fingerprint density at radius 2 is 1.95 bits per heavy atom. The van der Waals surface area contributed by atoms with Crippen LogP contribution in [-0.4, -0.2) is 22.4 Å². The summed E-state index contributed by atoms with van der Waals surface area (Å²) in [6.07, 6.45) is -3.48. The molecule has 0 spiro atoms. The van der Waals surface area contributed by atoms with Crippen molar-refractivity contribution in [3.63, 3.8) is 0 Å². The molecule has 0 N–H and O–H groups in total. The number of anilines is 1. The van der Waals surface area contributed by atoms with Gasteiger partial charge in [-0.15, -0.1) is 0 Å². The molecule has 106 valence electrons. The molecule has 1 fully saturated rings. The molecule has 0 aliphatic carbocycles. The summed E-state index contributed by atoms with van der Waals surface area (Å²) >= 11 is 1.74. The minimum absolute atomic E-state index is 0.0575. The van der Waals surface area contributed by atoms with E-state index in [0.717, 1.165) is 24.4 Å². The third kappa shape index (κ3) is 2.60. The number of aromatic nitrogens is 2. The zero-order valence-corrected chi connectivity index (χ0v) is 11.0. The van der Waals surface area contributed by atoms with Crippen LogP contribution in [0, 0.1) is 0 Å². The lowest BCUT2D eigenvalue weighted by molar-refractivity contribution is -0.159. The number of hydrogen-bond donors (Lipinski definition) is 0. The van der Waals surface area contributed by atoms with Gasteiger partial charge in [0.05, 0.1) is 0 Å². The maximum absolute atomic E-state index is 12.4. The smallest absolute Gasteiger partial charge is 0.329 e. The number of hydrogen-bond acceptors (Lipinski definition) is 5. The number of nitrogens with zero attached hydrogens (tertiary/aromatic N) is 3. The number of rotatable bonds is 2. The van der Waals surface area contributed by atoms with E-state index in [2.05, 4.69) is 19.0 Å². The van der Waals surface area contributed by atoms with Crippen molar-refractivity contribution in [2.24, 2.45) is 0 Å². The molecular formula is C12H10F3N3OS. The average molecular weight is 301 g/mol. The van der Waals surface area contributed by atoms with Crippen LogP contribution in [0.2, 0.25) is 0 Å². The van der Waals surface area contributed by atoms with Gasteiger partial charge in [-0.05, 0) is 42.6 Å². The molecule has 0 saturated carbocycles. The topological polar surface area (TPSA) is 42.2 Å². The predicted octanol–water partition coefficient (Wildman–Crippen LogP) is 3.61. The Bertz CT molecular complexity index is 591. The van der Waals surface area contributed by atoms with Crippen LogP contribution < -0.4 is 4.31 Å². The van der Waals surface area contributed by atoms with Crippen LogP contribution in [0.5, 0.6) is 0 Å². The van der Waals surface area contributed by atoms with Crippen molar-refractivity contribution in [2.75, 3.05) is 16.6 Å². The predicted molar refractivity (Wildman–Crippen MR) is 69.2 cm³/mol. The summed E-state index contributed by atoms with van der Waals surface area (Å²) in [7, 11) is 0. The first-order valence-electron chi connectivity index (χ1n) is 5.96. The molecular weight excluding hydrogens is 291 g/mol. The minimum atomic E-state index is -4.61. The van der Waals surface area contributed by atoms with Crippen LogP contribution >= 0.6 is 11.9 Å². The third-order valence-corrected chi connectivity index (χ3v) is 4.01. The highest BCUT2D eigenvalue weighted by atomic mass is 32.2. The maximum Gasteiger partial charge on any atom is 0.471 e. The van der Waals surface area contributed by atoms with Gasteiger partial charge in [-0.3, -0.25) is 0 Å². The molecule has 8 heteroatoms. The first-order valence-corrected chi connectivity index (χ1v) is 6.90. The Kier molecular flexibility index (Phi) is 3.33. The Labute approximate surface area is 117 Å². The molecule has 2 aromatic rings. The lowest BCUT2D eigenvalue weighted by atomic mass is 10.2. The molecule has 0 amide bonds. The van der Waals surface area contributed by atoms with Crippen molar-refractivity contribution in [2.45, 2.75) is 12.6 Å². The summed E-state index contributed by atoms with van der Waals surface area (Å²) in [6.45, 7) is 0.977. The van der Waals surface area contributed by atoms with Gasteiger partial charge in [-0.25, -0.2) is 0 Å². The van der Waals surface area contributed by atoms with Gasteiger partial charge in [0.1, 0.15) is 0 Å². The van der Waals surface area contributed by atoms with Crippen LogP contribution in [0.3, 0.4) is 0 Å². The van der Waals surface area contributed by atoms with Crippen molar-refractivity contribution in [1.82, 2.24) is 10.1 Å². The molecule has 0 unspecified atom stereocenters. The van der Waals surface area contributed by atoms with Gasteiger partial charge in [0.25, 0.3) is 0 Å². The van der Waals surface area contributed by atoms with Gasteiger partial charge in [0.15, 0.2) is 0 Å². The Balaban J connectivity index is 1.82. The molecule has 1 aromatic heterocycles. The van der Waals surface area contributed by atoms with Crippen LogP contribution in [0.1, 0.15) is 12.3 Å². The number of alkyl halides is 3. The molecule has 1 aromatic carbocycles. The highest BCUT2D eigenvalue weighted by molar-refractivity contribution is 8.00. The molecule has 2 heterocycles. The van der Waals surface area contributed by atoms with E-state index in [1.807, 2.05) is 12.1 Å². The molecule has 0 atom stereocenters. The fourth-order valence-electron chi connectivity index (χ4n) is 1.88. The molecule has 1 saturated heterocycles. The average Bonchev–Trinajstić information content (AvgIpc) is 3.10. The first-order chi connectivity index (χ1) is 9.54. The molecule has 3 rings (SSSR count). The van der Waals surface area contributed by atoms with Gasteiger partial charge in [-0.2, -0.15) is 18.2 Å². The monoisotopic (exact) mass is 301 g/mol. The standard InChI is InChI=1S/C12H10F3N3OS/c13-12(14,15)11-16-10(17-19-11)8-2-4-9(5-3-8)18-6-1-7-20-18/h2-5H,1,6-7H2. The van der Waals surface area contributed by atoms with E-state index < -0.39 is 12.1 Å². The SMILES string of the molecule is FC(F)(F)c1nc(-c2ccc(N3CCCS3)cc2)no1. The second kappa shape index (κ2) is 5.01. The number of benzene rings is 1. The summed E-state index contributed by atoms with van der Waals surface area (Å²) in [5.41, 5.74) is 1.52. The van der Waals surface area contributed by atoms with Crippen molar-refractivity contribution in [3.8, 4) is 11.4 Å². The first kappa shape index (κ1) is 13.3. The van der Waals surface area contributed by atoms with Crippen LogP contribution in [0.25, 0.3) is 11.4 Å². The molecule has 1 aliphatic heterocycles. The van der Waals surface area contributed by atoms with E-state index >= 15 is 0 Å². The summed E-state index contributed by atoms with van der Waals surface area (Å²) in [4.78, 5) is 3.36. The van der Waals surface area contributed by atoms with Gasteiger partial charge in [0, 0.05) is 23.5 Å². The van der Waals surface area contributed by atoms with Crippen LogP contribution in [0.4, 0.5) is 18.9 Å².